The highest BCUT2D eigenvalue weighted by atomic mass is 35.5. The highest BCUT2D eigenvalue weighted by molar-refractivity contribution is 6.42. The first kappa shape index (κ1) is 29.9. The van der Waals surface area contributed by atoms with E-state index in [1.54, 1.807) is 0 Å². The first-order valence-electron chi connectivity index (χ1n) is 12.2. The van der Waals surface area contributed by atoms with Crippen LogP contribution in [0.3, 0.4) is 0 Å². The van der Waals surface area contributed by atoms with Gasteiger partial charge < -0.3 is 4.74 Å². The van der Waals surface area contributed by atoms with E-state index in [9.17, 15) is 40.7 Å². The number of alkyl halides is 6. The van der Waals surface area contributed by atoms with Gasteiger partial charge in [-0.25, -0.2) is 4.90 Å². The van der Waals surface area contributed by atoms with Crippen LogP contribution in [0, 0.1) is 11.8 Å². The van der Waals surface area contributed by atoms with Gasteiger partial charge in [-0.05, 0) is 47.5 Å². The molecule has 2 amide bonds. The normalized spacial score (nSPS) is 21.9. The summed E-state index contributed by atoms with van der Waals surface area (Å²) < 4.78 is 87.9. The van der Waals surface area contributed by atoms with Gasteiger partial charge >= 0.3 is 18.3 Å². The Morgan fingerprint density at radius 2 is 1.31 bits per heavy atom. The van der Waals surface area contributed by atoms with Crippen molar-refractivity contribution >= 4 is 46.7 Å². The summed E-state index contributed by atoms with van der Waals surface area (Å²) in [5, 5.41) is 2.51. The summed E-state index contributed by atoms with van der Waals surface area (Å²) in [6.07, 6.45) is -9.76. The molecule has 0 aliphatic carbocycles. The van der Waals surface area contributed by atoms with E-state index in [-0.39, 0.29) is 26.9 Å². The number of halogens is 8. The molecule has 5 rings (SSSR count). The Morgan fingerprint density at radius 1 is 0.833 bits per heavy atom. The molecule has 2 aliphatic rings. The van der Waals surface area contributed by atoms with Crippen molar-refractivity contribution < 1.29 is 45.5 Å². The third-order valence-corrected chi connectivity index (χ3v) is 8.08. The molecule has 0 saturated carbocycles. The van der Waals surface area contributed by atoms with E-state index >= 15 is 0 Å². The molecule has 0 radical (unpaired) electrons. The second-order valence-corrected chi connectivity index (χ2v) is 10.5. The lowest BCUT2D eigenvalue weighted by Gasteiger charge is -2.37. The van der Waals surface area contributed by atoms with Crippen molar-refractivity contribution in [1.82, 2.24) is 5.32 Å². The van der Waals surface area contributed by atoms with E-state index in [0.717, 1.165) is 31.4 Å². The summed E-state index contributed by atoms with van der Waals surface area (Å²) in [4.78, 5) is 41.8. The number of fused-ring (bicyclic) bond motifs is 1. The van der Waals surface area contributed by atoms with Crippen LogP contribution in [0.25, 0.3) is 0 Å². The number of ether oxygens (including phenoxy) is 1. The lowest BCUT2D eigenvalue weighted by atomic mass is 9.71. The predicted octanol–water partition coefficient (Wildman–Crippen LogP) is 6.23. The van der Waals surface area contributed by atoms with E-state index in [1.165, 1.54) is 30.3 Å². The van der Waals surface area contributed by atoms with E-state index < -0.39 is 64.7 Å². The molecule has 0 spiro atoms. The minimum absolute atomic E-state index is 0.129. The zero-order valence-corrected chi connectivity index (χ0v) is 22.7. The molecular weight excluding hydrogens is 613 g/mol. The number of carbonyl (C=O) groups is 3. The van der Waals surface area contributed by atoms with Crippen LogP contribution in [-0.2, 0) is 37.0 Å². The number of carbonyl (C=O) groups excluding carboxylic acids is 3. The van der Waals surface area contributed by atoms with E-state index in [0.29, 0.717) is 17.0 Å². The molecule has 3 aromatic carbocycles. The zero-order valence-electron chi connectivity index (χ0n) is 21.2. The van der Waals surface area contributed by atoms with Crippen LogP contribution in [0.2, 0.25) is 10.0 Å². The molecule has 0 aromatic heterocycles. The van der Waals surface area contributed by atoms with Gasteiger partial charge in [-0.15, -0.1) is 0 Å². The molecular formula is C28H18Cl2F6N2O4. The summed E-state index contributed by atoms with van der Waals surface area (Å²) >= 11 is 12.6. The molecule has 42 heavy (non-hydrogen) atoms. The van der Waals surface area contributed by atoms with Crippen molar-refractivity contribution in [2.45, 2.75) is 23.9 Å². The van der Waals surface area contributed by atoms with Crippen molar-refractivity contribution in [2.24, 2.45) is 11.8 Å². The smallest absolute Gasteiger partial charge is 0.416 e. The fourth-order valence-electron chi connectivity index (χ4n) is 5.74. The van der Waals surface area contributed by atoms with Gasteiger partial charge in [0.2, 0.25) is 11.8 Å². The van der Waals surface area contributed by atoms with Crippen molar-refractivity contribution in [3.05, 3.63) is 99.0 Å². The number of rotatable bonds is 4. The number of para-hydroxylation sites is 1. The van der Waals surface area contributed by atoms with Crippen LogP contribution in [0.15, 0.2) is 66.7 Å². The van der Waals surface area contributed by atoms with Crippen LogP contribution < -0.4 is 10.2 Å². The number of anilines is 1. The number of esters is 1. The maximum atomic E-state index is 14.2. The first-order valence-corrected chi connectivity index (χ1v) is 12.9. The van der Waals surface area contributed by atoms with Crippen molar-refractivity contribution in [3.63, 3.8) is 0 Å². The monoisotopic (exact) mass is 630 g/mol. The zero-order chi connectivity index (χ0) is 30.8. The van der Waals surface area contributed by atoms with E-state index in [1.807, 2.05) is 0 Å². The number of amides is 2. The average molecular weight is 631 g/mol. The molecule has 2 heterocycles. The Labute approximate surface area is 244 Å². The first-order chi connectivity index (χ1) is 19.6. The Hall–Kier alpha value is -3.61. The Morgan fingerprint density at radius 3 is 1.76 bits per heavy atom. The lowest BCUT2D eigenvalue weighted by molar-refractivity contribution is -0.145. The maximum Gasteiger partial charge on any atom is 0.416 e. The number of nitrogens with one attached hydrogen (secondary N) is 1. The lowest BCUT2D eigenvalue weighted by Crippen LogP contribution is -2.52. The second kappa shape index (κ2) is 10.3. The number of imide groups is 1. The molecule has 3 atom stereocenters. The molecule has 1 N–H and O–H groups in total. The Balaban J connectivity index is 1.84. The summed E-state index contributed by atoms with van der Waals surface area (Å²) in [6.45, 7) is 0. The highest BCUT2D eigenvalue weighted by Gasteiger charge is 2.69. The second-order valence-electron chi connectivity index (χ2n) is 9.70. The molecule has 0 bridgehead atoms. The van der Waals surface area contributed by atoms with E-state index in [4.69, 9.17) is 27.9 Å². The SMILES string of the molecule is COC(=O)[C@@H]1NC(c2cccc(C(F)(F)F)c2)(c2cccc(C(F)(F)F)c2)[C@H]2C(=O)N(c3c(Cl)cccc3Cl)C(=O)[C@H]12. The standard InChI is InChI=1S/C28H18Cl2F6N2O4/c1-42-25(41)21-19-20(24(40)38(23(19)39)22-17(29)9-4-10-18(22)30)26(37-21,13-5-2-7-15(11-13)27(31,32)33)14-6-3-8-16(12-14)28(34,35)36/h2-12,19-21,37H,1H3/t19-,20+,21+/m0/s1. The van der Waals surface area contributed by atoms with Gasteiger partial charge in [0.05, 0.1) is 51.3 Å². The largest absolute Gasteiger partial charge is 0.468 e. The van der Waals surface area contributed by atoms with Crippen LogP contribution in [0.4, 0.5) is 32.0 Å². The quantitative estimate of drug-likeness (QED) is 0.210. The third-order valence-electron chi connectivity index (χ3n) is 7.47. The molecule has 0 unspecified atom stereocenters. The van der Waals surface area contributed by atoms with Gasteiger partial charge in [-0.3, -0.25) is 19.7 Å². The van der Waals surface area contributed by atoms with Crippen LogP contribution in [0.1, 0.15) is 22.3 Å². The van der Waals surface area contributed by atoms with Crippen LogP contribution in [-0.4, -0.2) is 30.9 Å². The summed E-state index contributed by atoms with van der Waals surface area (Å²) in [6, 6.07) is 9.61. The van der Waals surface area contributed by atoms with Crippen molar-refractivity contribution in [2.75, 3.05) is 12.0 Å². The number of hydrogen-bond donors (Lipinski definition) is 1. The topological polar surface area (TPSA) is 75.7 Å². The molecule has 220 valence electrons. The van der Waals surface area contributed by atoms with Crippen LogP contribution >= 0.6 is 23.2 Å². The van der Waals surface area contributed by atoms with Gasteiger partial charge in [0.25, 0.3) is 0 Å². The maximum absolute atomic E-state index is 14.2. The fraction of sp³-hybridized carbons (Fsp3) is 0.250. The molecule has 14 heteroatoms. The number of nitrogens with zero attached hydrogens (tertiary/aromatic N) is 1. The predicted molar refractivity (Wildman–Crippen MR) is 139 cm³/mol. The van der Waals surface area contributed by atoms with Crippen molar-refractivity contribution in [1.29, 1.82) is 0 Å². The van der Waals surface area contributed by atoms with Gasteiger partial charge in [0.1, 0.15) is 6.04 Å². The molecule has 2 aliphatic heterocycles. The average Bonchev–Trinajstić information content (AvgIpc) is 3.42. The minimum atomic E-state index is -4.88. The number of methoxy groups -OCH3 is 1. The summed E-state index contributed by atoms with van der Waals surface area (Å²) in [5.74, 6) is -6.47. The Kier molecular flexibility index (Phi) is 7.31. The van der Waals surface area contributed by atoms with Gasteiger partial charge in [-0.1, -0.05) is 53.5 Å². The Bertz CT molecular complexity index is 1530. The third kappa shape index (κ3) is 4.61. The fourth-order valence-corrected chi connectivity index (χ4v) is 6.30. The molecule has 2 saturated heterocycles. The number of hydrogen-bond acceptors (Lipinski definition) is 5. The van der Waals surface area contributed by atoms with Crippen LogP contribution in [0.5, 0.6) is 0 Å². The van der Waals surface area contributed by atoms with Gasteiger partial charge in [0.15, 0.2) is 0 Å². The number of benzene rings is 3. The molecule has 6 nitrogen and oxygen atoms in total. The van der Waals surface area contributed by atoms with Gasteiger partial charge in [-0.2, -0.15) is 26.3 Å². The van der Waals surface area contributed by atoms with Gasteiger partial charge in [0, 0.05) is 0 Å². The molecule has 2 fully saturated rings. The van der Waals surface area contributed by atoms with Crippen molar-refractivity contribution in [3.8, 4) is 0 Å². The summed E-state index contributed by atoms with van der Waals surface area (Å²) in [7, 11) is 0.984. The van der Waals surface area contributed by atoms with E-state index in [2.05, 4.69) is 5.32 Å². The molecule has 3 aromatic rings. The minimum Gasteiger partial charge on any atom is -0.468 e. The highest BCUT2D eigenvalue weighted by Crippen LogP contribution is 2.54. The summed E-state index contributed by atoms with van der Waals surface area (Å²) in [5.41, 5.74) is -5.46.